The van der Waals surface area contributed by atoms with Gasteiger partial charge in [-0.1, -0.05) is 74.8 Å². The Hall–Kier alpha value is -3.64. The van der Waals surface area contributed by atoms with Crippen LogP contribution in [0, 0.1) is 34.0 Å². The quantitative estimate of drug-likeness (QED) is 0.131. The minimum Gasteiger partial charge on any atom is -0.447 e. The Morgan fingerprint density at radius 3 is 2.15 bits per heavy atom. The average molecular weight is 675 g/mol. The van der Waals surface area contributed by atoms with Crippen LogP contribution in [0.25, 0.3) is 0 Å². The molecule has 1 unspecified atom stereocenters. The number of rotatable bonds is 15. The van der Waals surface area contributed by atoms with E-state index >= 15 is 0 Å². The standard InChI is InChI=1S/C35H58N6O7/c1-11-13-22(26(42)29(44)36-16-12-2)38-28(43)25-24-21(35(24,9)10)18-41(25)30(45)27(34(6,7)8)40-31(46)39-23(33(3,4)5)19-48-32(47)37-17-20-14-15-20/h12,20-25,27H,2,11,13-19H2,1,3-10H3,(H,36,44)(H,37,47)(H,38,43)(H2,39,40,46)/t21-,22?,23-,24-,25-,27+/m0/s1. The maximum atomic E-state index is 14.3. The molecule has 5 N–H and O–H groups in total. The van der Waals surface area contributed by atoms with Gasteiger partial charge in [-0.15, -0.1) is 6.58 Å². The Bertz CT molecular complexity index is 1250. The maximum Gasteiger partial charge on any atom is 0.407 e. The number of nitrogens with one attached hydrogen (secondary N) is 5. The molecule has 2 aliphatic carbocycles. The number of carbonyl (C=O) groups is 6. The molecule has 0 radical (unpaired) electrons. The van der Waals surface area contributed by atoms with Crippen LogP contribution in [-0.4, -0.2) is 90.9 Å². The highest BCUT2D eigenvalue weighted by molar-refractivity contribution is 6.38. The van der Waals surface area contributed by atoms with Crippen LogP contribution in [0.15, 0.2) is 12.7 Å². The smallest absolute Gasteiger partial charge is 0.407 e. The Kier molecular flexibility index (Phi) is 12.4. The van der Waals surface area contributed by atoms with Gasteiger partial charge in [-0.05, 0) is 53.3 Å². The summed E-state index contributed by atoms with van der Waals surface area (Å²) in [6, 6.07) is -4.08. The van der Waals surface area contributed by atoms with Crippen molar-refractivity contribution in [2.24, 2.45) is 34.0 Å². The zero-order chi connectivity index (χ0) is 36.2. The summed E-state index contributed by atoms with van der Waals surface area (Å²) in [5.74, 6) is -2.04. The lowest BCUT2D eigenvalue weighted by atomic mass is 9.85. The van der Waals surface area contributed by atoms with E-state index < -0.39 is 70.6 Å². The molecular formula is C35H58N6O7. The third kappa shape index (κ3) is 9.72. The third-order valence-electron chi connectivity index (χ3n) is 9.95. The van der Waals surface area contributed by atoms with Gasteiger partial charge in [0.1, 0.15) is 18.7 Å². The lowest BCUT2D eigenvalue weighted by molar-refractivity contribution is -0.145. The summed E-state index contributed by atoms with van der Waals surface area (Å²) in [6.07, 6.45) is 3.92. The van der Waals surface area contributed by atoms with Crippen LogP contribution in [0.2, 0.25) is 0 Å². The van der Waals surface area contributed by atoms with Gasteiger partial charge < -0.3 is 36.2 Å². The largest absolute Gasteiger partial charge is 0.447 e. The molecule has 0 aromatic heterocycles. The van der Waals surface area contributed by atoms with Crippen LogP contribution >= 0.6 is 0 Å². The summed E-state index contributed by atoms with van der Waals surface area (Å²) >= 11 is 0. The Balaban J connectivity index is 1.75. The van der Waals surface area contributed by atoms with Crippen molar-refractivity contribution in [3.05, 3.63) is 12.7 Å². The van der Waals surface area contributed by atoms with E-state index in [-0.39, 0.29) is 36.8 Å². The molecular weight excluding hydrogens is 616 g/mol. The minimum absolute atomic E-state index is 0.0579. The number of likely N-dealkylation sites (tertiary alicyclic amines) is 1. The molecule has 3 fully saturated rings. The van der Waals surface area contributed by atoms with Crippen LogP contribution in [0.5, 0.6) is 0 Å². The van der Waals surface area contributed by atoms with Crippen molar-refractivity contribution in [1.29, 1.82) is 0 Å². The van der Waals surface area contributed by atoms with Gasteiger partial charge in [0.2, 0.25) is 17.6 Å². The number of amides is 6. The van der Waals surface area contributed by atoms with Gasteiger partial charge in [-0.3, -0.25) is 19.2 Å². The van der Waals surface area contributed by atoms with E-state index in [0.29, 0.717) is 25.4 Å². The molecule has 1 saturated heterocycles. The number of hydrogen-bond acceptors (Lipinski definition) is 7. The molecule has 6 atom stereocenters. The van der Waals surface area contributed by atoms with Gasteiger partial charge in [0, 0.05) is 19.6 Å². The van der Waals surface area contributed by atoms with E-state index in [1.807, 2.05) is 48.5 Å². The van der Waals surface area contributed by atoms with E-state index in [4.69, 9.17) is 4.74 Å². The molecule has 1 heterocycles. The number of alkyl carbamates (subject to hydrolysis) is 1. The van der Waals surface area contributed by atoms with Gasteiger partial charge in [0.25, 0.3) is 5.91 Å². The summed E-state index contributed by atoms with van der Waals surface area (Å²) < 4.78 is 5.42. The van der Waals surface area contributed by atoms with E-state index in [0.717, 1.165) is 12.8 Å². The highest BCUT2D eigenvalue weighted by atomic mass is 16.5. The fraction of sp³-hybridized carbons (Fsp3) is 0.771. The van der Waals surface area contributed by atoms with Gasteiger partial charge in [-0.2, -0.15) is 0 Å². The first-order valence-electron chi connectivity index (χ1n) is 17.2. The first-order valence-corrected chi connectivity index (χ1v) is 17.2. The number of carbonyl (C=O) groups excluding carboxylic acids is 6. The normalized spacial score (nSPS) is 23.0. The molecule has 2 saturated carbocycles. The van der Waals surface area contributed by atoms with Gasteiger partial charge in [0.05, 0.1) is 12.1 Å². The fourth-order valence-electron chi connectivity index (χ4n) is 6.45. The van der Waals surface area contributed by atoms with Gasteiger partial charge >= 0.3 is 12.1 Å². The molecule has 0 aromatic rings. The molecule has 0 spiro atoms. The fourth-order valence-corrected chi connectivity index (χ4v) is 6.45. The number of hydrogen-bond donors (Lipinski definition) is 5. The second-order valence-electron chi connectivity index (χ2n) is 16.4. The van der Waals surface area contributed by atoms with Crippen molar-refractivity contribution < 1.29 is 33.5 Å². The predicted molar refractivity (Wildman–Crippen MR) is 182 cm³/mol. The second-order valence-corrected chi connectivity index (χ2v) is 16.4. The lowest BCUT2D eigenvalue weighted by Crippen LogP contribution is -2.62. The molecule has 0 bridgehead atoms. The van der Waals surface area contributed by atoms with Crippen molar-refractivity contribution in [1.82, 2.24) is 31.5 Å². The molecule has 3 rings (SSSR count). The zero-order valence-electron chi connectivity index (χ0n) is 30.3. The Morgan fingerprint density at radius 1 is 0.958 bits per heavy atom. The number of nitrogens with zero attached hydrogens (tertiary/aromatic N) is 1. The molecule has 3 aliphatic rings. The summed E-state index contributed by atoms with van der Waals surface area (Å²) in [6.45, 7) is 21.7. The first kappa shape index (κ1) is 38.8. The molecule has 48 heavy (non-hydrogen) atoms. The van der Waals surface area contributed by atoms with Crippen LogP contribution in [0.1, 0.15) is 88.0 Å². The first-order chi connectivity index (χ1) is 22.2. The van der Waals surface area contributed by atoms with Crippen molar-refractivity contribution in [3.8, 4) is 0 Å². The molecule has 1 aliphatic heterocycles. The zero-order valence-corrected chi connectivity index (χ0v) is 30.3. The number of urea groups is 1. The molecule has 6 amide bonds. The number of fused-ring (bicyclic) bond motifs is 1. The third-order valence-corrected chi connectivity index (χ3v) is 9.95. The monoisotopic (exact) mass is 674 g/mol. The van der Waals surface area contributed by atoms with Crippen LogP contribution < -0.4 is 26.6 Å². The highest BCUT2D eigenvalue weighted by Gasteiger charge is 2.70. The molecule has 0 aromatic carbocycles. The number of Topliss-reactive ketones (excluding diaryl/α,β-unsaturated/α-hetero) is 1. The number of ketones is 1. The van der Waals surface area contributed by atoms with E-state index in [1.54, 1.807) is 0 Å². The average Bonchev–Trinajstić information content (AvgIpc) is 3.85. The predicted octanol–water partition coefficient (Wildman–Crippen LogP) is 2.89. The van der Waals surface area contributed by atoms with E-state index in [9.17, 15) is 28.8 Å². The van der Waals surface area contributed by atoms with E-state index in [1.165, 1.54) is 11.0 Å². The van der Waals surface area contributed by atoms with E-state index in [2.05, 4.69) is 47.0 Å². The van der Waals surface area contributed by atoms with Crippen LogP contribution in [0.3, 0.4) is 0 Å². The summed E-state index contributed by atoms with van der Waals surface area (Å²) in [7, 11) is 0. The minimum atomic E-state index is -1.04. The number of ether oxygens (including phenoxy) is 1. The van der Waals surface area contributed by atoms with Crippen LogP contribution in [0.4, 0.5) is 9.59 Å². The summed E-state index contributed by atoms with van der Waals surface area (Å²) in [5.41, 5.74) is -1.41. The lowest BCUT2D eigenvalue weighted by Gasteiger charge is -2.38. The van der Waals surface area contributed by atoms with Crippen LogP contribution in [-0.2, 0) is 23.9 Å². The van der Waals surface area contributed by atoms with Crippen molar-refractivity contribution in [3.63, 3.8) is 0 Å². The molecule has 13 nitrogen and oxygen atoms in total. The van der Waals surface area contributed by atoms with Gasteiger partial charge in [-0.25, -0.2) is 9.59 Å². The van der Waals surface area contributed by atoms with Crippen molar-refractivity contribution >= 4 is 35.6 Å². The Morgan fingerprint density at radius 2 is 1.60 bits per heavy atom. The van der Waals surface area contributed by atoms with Gasteiger partial charge in [0.15, 0.2) is 0 Å². The Labute approximate surface area is 285 Å². The molecule has 270 valence electrons. The number of piperidine rings is 1. The van der Waals surface area contributed by atoms with Crippen molar-refractivity contribution in [2.45, 2.75) is 112 Å². The SMILES string of the molecule is C=CCNC(=O)C(=O)C(CCC)NC(=O)[C@@H]1[C@@H]2[C@H](CN1C(=O)[C@@H](NC(=O)N[C@@H](COC(=O)NCC1CC1)C(C)(C)C)C(C)(C)C)C2(C)C. The summed E-state index contributed by atoms with van der Waals surface area (Å²) in [4.78, 5) is 80.8. The maximum absolute atomic E-state index is 14.3. The second kappa shape index (κ2) is 15.3. The molecule has 13 heteroatoms. The topological polar surface area (TPSA) is 175 Å². The van der Waals surface area contributed by atoms with Crippen molar-refractivity contribution in [2.75, 3.05) is 26.2 Å². The summed E-state index contributed by atoms with van der Waals surface area (Å²) in [5, 5.41) is 13.8. The highest BCUT2D eigenvalue weighted by Crippen LogP contribution is 2.65.